The highest BCUT2D eigenvalue weighted by atomic mass is 16.7. The van der Waals surface area contributed by atoms with E-state index >= 15 is 0 Å². The van der Waals surface area contributed by atoms with Crippen LogP contribution in [0.4, 0.5) is 0 Å². The molecule has 1 aromatic carbocycles. The first kappa shape index (κ1) is 20.3. The number of piperidine rings is 1. The molecule has 4 heterocycles. The van der Waals surface area contributed by atoms with Crippen LogP contribution in [0, 0.1) is 0 Å². The number of benzene rings is 1. The summed E-state index contributed by atoms with van der Waals surface area (Å²) in [5, 5.41) is 4.20. The van der Waals surface area contributed by atoms with Crippen molar-refractivity contribution >= 4 is 5.91 Å². The summed E-state index contributed by atoms with van der Waals surface area (Å²) in [7, 11) is 0. The topological polar surface area (TPSA) is 63.1 Å². The van der Waals surface area contributed by atoms with Gasteiger partial charge in [-0.3, -0.25) is 19.3 Å². The van der Waals surface area contributed by atoms with Gasteiger partial charge in [0.1, 0.15) is 0 Å². The molecule has 2 aromatic rings. The molecule has 0 radical (unpaired) electrons. The zero-order valence-electron chi connectivity index (χ0n) is 18.0. The van der Waals surface area contributed by atoms with E-state index in [2.05, 4.69) is 31.9 Å². The fourth-order valence-electron chi connectivity index (χ4n) is 4.86. The van der Waals surface area contributed by atoms with E-state index in [1.165, 1.54) is 12.0 Å². The molecule has 1 amide bonds. The monoisotopic (exact) mass is 425 g/mol. The standard InChI is InChI=1S/C23H31N5O3/c29-23(6-10-28-9-2-7-24-28)27-8-1-3-20(17-27)26-13-11-25(12-14-26)16-19-4-5-21-22(15-19)31-18-30-21/h2,4-5,7,9,15,20H,1,3,6,8,10-14,16-18H2/t20-/m0/s1. The molecule has 2 fully saturated rings. The second-order valence-electron chi connectivity index (χ2n) is 8.65. The van der Waals surface area contributed by atoms with Gasteiger partial charge in [-0.15, -0.1) is 0 Å². The van der Waals surface area contributed by atoms with Crippen LogP contribution in [0.5, 0.6) is 11.5 Å². The Kier molecular flexibility index (Phi) is 6.08. The Labute approximate surface area is 183 Å². The maximum atomic E-state index is 12.7. The van der Waals surface area contributed by atoms with Crippen molar-refractivity contribution in [3.05, 3.63) is 42.2 Å². The Balaban J connectivity index is 1.09. The maximum absolute atomic E-state index is 12.7. The smallest absolute Gasteiger partial charge is 0.231 e. The van der Waals surface area contributed by atoms with E-state index in [0.29, 0.717) is 25.8 Å². The quantitative estimate of drug-likeness (QED) is 0.704. The van der Waals surface area contributed by atoms with Crippen LogP contribution in [-0.4, -0.2) is 82.5 Å². The molecule has 166 valence electrons. The van der Waals surface area contributed by atoms with Crippen LogP contribution >= 0.6 is 0 Å². The molecule has 3 aliphatic rings. The molecular formula is C23H31N5O3. The first-order chi connectivity index (χ1) is 15.2. The van der Waals surface area contributed by atoms with E-state index < -0.39 is 0 Å². The lowest BCUT2D eigenvalue weighted by molar-refractivity contribution is -0.133. The zero-order valence-corrected chi connectivity index (χ0v) is 18.0. The van der Waals surface area contributed by atoms with E-state index in [-0.39, 0.29) is 5.91 Å². The summed E-state index contributed by atoms with van der Waals surface area (Å²) in [5.74, 6) is 1.95. The number of nitrogens with zero attached hydrogens (tertiary/aromatic N) is 5. The Hall–Kier alpha value is -2.58. The highest BCUT2D eigenvalue weighted by Gasteiger charge is 2.30. The molecule has 3 aliphatic heterocycles. The number of fused-ring (bicyclic) bond motifs is 1. The minimum absolute atomic E-state index is 0.252. The van der Waals surface area contributed by atoms with Crippen molar-refractivity contribution in [2.45, 2.75) is 38.4 Å². The molecule has 0 unspecified atom stereocenters. The fraction of sp³-hybridized carbons (Fsp3) is 0.565. The third-order valence-electron chi connectivity index (χ3n) is 6.63. The lowest BCUT2D eigenvalue weighted by Crippen LogP contribution is -2.55. The van der Waals surface area contributed by atoms with Crippen molar-refractivity contribution in [1.29, 1.82) is 0 Å². The molecular weight excluding hydrogens is 394 g/mol. The van der Waals surface area contributed by atoms with Gasteiger partial charge >= 0.3 is 0 Å². The lowest BCUT2D eigenvalue weighted by atomic mass is 10.0. The van der Waals surface area contributed by atoms with Crippen LogP contribution in [0.15, 0.2) is 36.7 Å². The molecule has 1 aromatic heterocycles. The highest BCUT2D eigenvalue weighted by Crippen LogP contribution is 2.33. The van der Waals surface area contributed by atoms with E-state index in [9.17, 15) is 4.79 Å². The second-order valence-corrected chi connectivity index (χ2v) is 8.65. The highest BCUT2D eigenvalue weighted by molar-refractivity contribution is 5.76. The molecule has 8 heteroatoms. The van der Waals surface area contributed by atoms with Crippen LogP contribution in [0.1, 0.15) is 24.8 Å². The molecule has 0 aliphatic carbocycles. The molecule has 8 nitrogen and oxygen atoms in total. The molecule has 0 bridgehead atoms. The van der Waals surface area contributed by atoms with Gasteiger partial charge in [0.25, 0.3) is 0 Å². The van der Waals surface area contributed by atoms with Gasteiger partial charge in [0, 0.05) is 77.2 Å². The molecule has 0 spiro atoms. The number of likely N-dealkylation sites (tertiary alicyclic amines) is 1. The molecule has 0 saturated carbocycles. The Morgan fingerprint density at radius 2 is 1.97 bits per heavy atom. The summed E-state index contributed by atoms with van der Waals surface area (Å²) < 4.78 is 12.7. The fourth-order valence-corrected chi connectivity index (χ4v) is 4.86. The van der Waals surface area contributed by atoms with Crippen molar-refractivity contribution in [2.75, 3.05) is 46.1 Å². The van der Waals surface area contributed by atoms with Gasteiger partial charge in [-0.1, -0.05) is 6.07 Å². The number of rotatable bonds is 6. The number of carbonyl (C=O) groups excluding carboxylic acids is 1. The summed E-state index contributed by atoms with van der Waals surface area (Å²) in [6.45, 7) is 7.89. The van der Waals surface area contributed by atoms with Crippen LogP contribution < -0.4 is 9.47 Å². The number of hydrogen-bond donors (Lipinski definition) is 0. The van der Waals surface area contributed by atoms with Crippen molar-refractivity contribution in [2.24, 2.45) is 0 Å². The number of carbonyl (C=O) groups is 1. The lowest BCUT2D eigenvalue weighted by Gasteiger charge is -2.43. The SMILES string of the molecule is O=C(CCn1cccn1)N1CCC[C@H](N2CCN(Cc3ccc4c(c3)OCO4)CC2)C1. The zero-order chi connectivity index (χ0) is 21.0. The number of aromatic nitrogens is 2. The molecule has 31 heavy (non-hydrogen) atoms. The van der Waals surface area contributed by atoms with Crippen LogP contribution in [-0.2, 0) is 17.9 Å². The summed E-state index contributed by atoms with van der Waals surface area (Å²) in [4.78, 5) is 19.9. The van der Waals surface area contributed by atoms with Gasteiger partial charge in [-0.05, 0) is 36.6 Å². The number of ether oxygens (including phenoxy) is 2. The van der Waals surface area contributed by atoms with E-state index in [0.717, 1.165) is 63.7 Å². The third kappa shape index (κ3) is 4.85. The van der Waals surface area contributed by atoms with Crippen molar-refractivity contribution in [3.8, 4) is 11.5 Å². The van der Waals surface area contributed by atoms with Crippen molar-refractivity contribution < 1.29 is 14.3 Å². The van der Waals surface area contributed by atoms with Crippen LogP contribution in [0.3, 0.4) is 0 Å². The van der Waals surface area contributed by atoms with Gasteiger partial charge in [0.05, 0.1) is 0 Å². The average Bonchev–Trinajstić information content (AvgIpc) is 3.50. The second kappa shape index (κ2) is 9.28. The van der Waals surface area contributed by atoms with Crippen molar-refractivity contribution in [3.63, 3.8) is 0 Å². The summed E-state index contributed by atoms with van der Waals surface area (Å²) in [6.07, 6.45) is 6.47. The minimum atomic E-state index is 0.252. The largest absolute Gasteiger partial charge is 0.454 e. The normalized spacial score (nSPS) is 22.1. The van der Waals surface area contributed by atoms with E-state index in [1.807, 2.05) is 23.0 Å². The number of amides is 1. The predicted molar refractivity (Wildman–Crippen MR) is 116 cm³/mol. The summed E-state index contributed by atoms with van der Waals surface area (Å²) in [6, 6.07) is 8.62. The minimum Gasteiger partial charge on any atom is -0.454 e. The van der Waals surface area contributed by atoms with E-state index in [1.54, 1.807) is 6.20 Å². The van der Waals surface area contributed by atoms with Crippen molar-refractivity contribution in [1.82, 2.24) is 24.5 Å². The number of hydrogen-bond acceptors (Lipinski definition) is 6. The predicted octanol–water partition coefficient (Wildman–Crippen LogP) is 1.81. The third-order valence-corrected chi connectivity index (χ3v) is 6.63. The maximum Gasteiger partial charge on any atom is 0.231 e. The van der Waals surface area contributed by atoms with Crippen LogP contribution in [0.2, 0.25) is 0 Å². The summed E-state index contributed by atoms with van der Waals surface area (Å²) >= 11 is 0. The Bertz CT molecular complexity index is 879. The number of piperazine rings is 1. The first-order valence-electron chi connectivity index (χ1n) is 11.3. The molecule has 0 N–H and O–H groups in total. The van der Waals surface area contributed by atoms with Gasteiger partial charge < -0.3 is 14.4 Å². The van der Waals surface area contributed by atoms with E-state index in [4.69, 9.17) is 9.47 Å². The van der Waals surface area contributed by atoms with Crippen LogP contribution in [0.25, 0.3) is 0 Å². The Morgan fingerprint density at radius 1 is 1.10 bits per heavy atom. The van der Waals surface area contributed by atoms with Gasteiger partial charge in [-0.2, -0.15) is 5.10 Å². The Morgan fingerprint density at radius 3 is 2.81 bits per heavy atom. The molecule has 2 saturated heterocycles. The number of aryl methyl sites for hydroxylation is 1. The molecule has 1 atom stereocenters. The van der Waals surface area contributed by atoms with Gasteiger partial charge in [0.2, 0.25) is 12.7 Å². The molecule has 5 rings (SSSR count). The van der Waals surface area contributed by atoms with Gasteiger partial charge in [0.15, 0.2) is 11.5 Å². The first-order valence-corrected chi connectivity index (χ1v) is 11.3. The van der Waals surface area contributed by atoms with Gasteiger partial charge in [-0.25, -0.2) is 0 Å². The average molecular weight is 426 g/mol. The summed E-state index contributed by atoms with van der Waals surface area (Å²) in [5.41, 5.74) is 1.27.